The lowest BCUT2D eigenvalue weighted by Gasteiger charge is -2.13. The molecule has 2 aromatic rings. The van der Waals surface area contributed by atoms with E-state index in [1.165, 1.54) is 18.2 Å². The largest absolute Gasteiger partial charge is 0.480 e. The first-order valence-corrected chi connectivity index (χ1v) is 6.45. The average Bonchev–Trinajstić information content (AvgIpc) is 2.40. The molecule has 1 atom stereocenters. The van der Waals surface area contributed by atoms with Gasteiger partial charge in [0, 0.05) is 10.6 Å². The van der Waals surface area contributed by atoms with E-state index in [9.17, 15) is 14.3 Å². The zero-order valence-electron chi connectivity index (χ0n) is 9.92. The van der Waals surface area contributed by atoms with Crippen LogP contribution in [0.25, 0.3) is 0 Å². The number of carboxylic acid groups (broad SMARTS) is 1. The summed E-state index contributed by atoms with van der Waals surface area (Å²) in [6, 6.07) is 12.7. The summed E-state index contributed by atoms with van der Waals surface area (Å²) in [6.45, 7) is 0. The highest BCUT2D eigenvalue weighted by molar-refractivity contribution is 8.00. The van der Waals surface area contributed by atoms with Gasteiger partial charge in [-0.2, -0.15) is 0 Å². The number of benzene rings is 2. The molecule has 2 aromatic carbocycles. The maximum absolute atomic E-state index is 13.2. The standard InChI is InChI=1S/C14H12FNO2S/c15-10-6-7-11(16)12(8-10)19-13(14(17)18)9-4-2-1-3-5-9/h1-8,13H,16H2,(H,17,18). The third-order valence-corrected chi connectivity index (χ3v) is 3.86. The maximum atomic E-state index is 13.2. The quantitative estimate of drug-likeness (QED) is 0.664. The van der Waals surface area contributed by atoms with Crippen molar-refractivity contribution in [3.05, 3.63) is 59.9 Å². The summed E-state index contributed by atoms with van der Waals surface area (Å²) < 4.78 is 13.2. The maximum Gasteiger partial charge on any atom is 0.321 e. The van der Waals surface area contributed by atoms with Crippen molar-refractivity contribution in [2.45, 2.75) is 10.1 Å². The number of hydrogen-bond donors (Lipinski definition) is 2. The zero-order valence-corrected chi connectivity index (χ0v) is 10.7. The number of thioether (sulfide) groups is 1. The Balaban J connectivity index is 2.32. The highest BCUT2D eigenvalue weighted by Gasteiger charge is 2.22. The van der Waals surface area contributed by atoms with Crippen LogP contribution >= 0.6 is 11.8 Å². The molecule has 3 N–H and O–H groups in total. The number of aliphatic carboxylic acids is 1. The second-order valence-electron chi connectivity index (χ2n) is 3.93. The minimum atomic E-state index is -0.986. The van der Waals surface area contributed by atoms with Gasteiger partial charge in [-0.3, -0.25) is 4.79 Å². The van der Waals surface area contributed by atoms with Crippen molar-refractivity contribution in [2.24, 2.45) is 0 Å². The third-order valence-electron chi connectivity index (χ3n) is 2.55. The fourth-order valence-corrected chi connectivity index (χ4v) is 2.66. The number of halogens is 1. The Morgan fingerprint density at radius 1 is 1.21 bits per heavy atom. The Kier molecular flexibility index (Phi) is 4.06. The zero-order chi connectivity index (χ0) is 13.8. The van der Waals surface area contributed by atoms with E-state index < -0.39 is 17.0 Å². The van der Waals surface area contributed by atoms with Crippen LogP contribution in [-0.4, -0.2) is 11.1 Å². The summed E-state index contributed by atoms with van der Waals surface area (Å²) in [5, 5.41) is 8.48. The van der Waals surface area contributed by atoms with E-state index in [-0.39, 0.29) is 0 Å². The molecule has 0 aliphatic rings. The van der Waals surface area contributed by atoms with Crippen LogP contribution < -0.4 is 5.73 Å². The predicted molar refractivity (Wildman–Crippen MR) is 73.5 cm³/mol. The van der Waals surface area contributed by atoms with Crippen molar-refractivity contribution in [3.8, 4) is 0 Å². The van der Waals surface area contributed by atoms with Gasteiger partial charge < -0.3 is 10.8 Å². The second-order valence-corrected chi connectivity index (χ2v) is 5.08. The predicted octanol–water partition coefficient (Wildman–Crippen LogP) is 3.33. The number of carboxylic acids is 1. The molecule has 0 radical (unpaired) electrons. The summed E-state index contributed by atoms with van der Waals surface area (Å²) >= 11 is 1.03. The molecule has 2 rings (SSSR count). The second kappa shape index (κ2) is 5.75. The Hall–Kier alpha value is -2.01. The molecule has 98 valence electrons. The molecule has 0 saturated carbocycles. The van der Waals surface area contributed by atoms with Crippen molar-refractivity contribution in [1.29, 1.82) is 0 Å². The van der Waals surface area contributed by atoms with Crippen LogP contribution in [0.15, 0.2) is 53.4 Å². The van der Waals surface area contributed by atoms with Crippen LogP contribution in [0, 0.1) is 5.82 Å². The first-order valence-electron chi connectivity index (χ1n) is 5.57. The van der Waals surface area contributed by atoms with Crippen LogP contribution in [0.3, 0.4) is 0 Å². The van der Waals surface area contributed by atoms with Gasteiger partial charge in [0.15, 0.2) is 0 Å². The summed E-state index contributed by atoms with van der Waals surface area (Å²) in [5.41, 5.74) is 6.75. The van der Waals surface area contributed by atoms with E-state index in [0.717, 1.165) is 11.8 Å². The molecule has 0 heterocycles. The smallest absolute Gasteiger partial charge is 0.321 e. The van der Waals surface area contributed by atoms with Crippen LogP contribution in [0.1, 0.15) is 10.8 Å². The van der Waals surface area contributed by atoms with Crippen molar-refractivity contribution < 1.29 is 14.3 Å². The van der Waals surface area contributed by atoms with E-state index in [0.29, 0.717) is 16.1 Å². The van der Waals surface area contributed by atoms with Crippen molar-refractivity contribution in [3.63, 3.8) is 0 Å². The van der Waals surface area contributed by atoms with Gasteiger partial charge in [0.1, 0.15) is 11.1 Å². The minimum absolute atomic E-state index is 0.369. The molecule has 0 aromatic heterocycles. The number of nitrogen functional groups attached to an aromatic ring is 1. The summed E-state index contributed by atoms with van der Waals surface area (Å²) in [7, 11) is 0. The van der Waals surface area contributed by atoms with Crippen molar-refractivity contribution >= 4 is 23.4 Å². The SMILES string of the molecule is Nc1ccc(F)cc1SC(C(=O)O)c1ccccc1. The van der Waals surface area contributed by atoms with E-state index in [1.807, 2.05) is 6.07 Å². The van der Waals surface area contributed by atoms with Gasteiger partial charge in [0.25, 0.3) is 0 Å². The fraction of sp³-hybridized carbons (Fsp3) is 0.0714. The monoisotopic (exact) mass is 277 g/mol. The number of anilines is 1. The van der Waals surface area contributed by atoms with Gasteiger partial charge in [0.2, 0.25) is 0 Å². The minimum Gasteiger partial charge on any atom is -0.480 e. The lowest BCUT2D eigenvalue weighted by atomic mass is 10.1. The Morgan fingerprint density at radius 3 is 2.53 bits per heavy atom. The number of rotatable bonds is 4. The van der Waals surface area contributed by atoms with Gasteiger partial charge in [0.05, 0.1) is 0 Å². The normalized spacial score (nSPS) is 12.1. The Bertz CT molecular complexity index is 589. The Morgan fingerprint density at radius 2 is 1.89 bits per heavy atom. The molecule has 1 unspecified atom stereocenters. The van der Waals surface area contributed by atoms with Gasteiger partial charge in [-0.15, -0.1) is 11.8 Å². The average molecular weight is 277 g/mol. The number of carbonyl (C=O) groups is 1. The summed E-state index contributed by atoms with van der Waals surface area (Å²) in [6.07, 6.45) is 0. The van der Waals surface area contributed by atoms with E-state index in [4.69, 9.17) is 5.73 Å². The van der Waals surface area contributed by atoms with E-state index in [1.54, 1.807) is 24.3 Å². The van der Waals surface area contributed by atoms with Crippen molar-refractivity contribution in [1.82, 2.24) is 0 Å². The molecule has 3 nitrogen and oxygen atoms in total. The highest BCUT2D eigenvalue weighted by atomic mass is 32.2. The number of hydrogen-bond acceptors (Lipinski definition) is 3. The lowest BCUT2D eigenvalue weighted by Crippen LogP contribution is -2.08. The molecule has 0 spiro atoms. The Labute approximate surface area is 114 Å². The molecular formula is C14H12FNO2S. The molecule has 0 fully saturated rings. The van der Waals surface area contributed by atoms with Crippen LogP contribution in [0.4, 0.5) is 10.1 Å². The fourth-order valence-electron chi connectivity index (χ4n) is 1.63. The molecule has 0 bridgehead atoms. The van der Waals surface area contributed by atoms with E-state index in [2.05, 4.69) is 0 Å². The van der Waals surface area contributed by atoms with Crippen LogP contribution in [0.2, 0.25) is 0 Å². The van der Waals surface area contributed by atoms with Gasteiger partial charge in [-0.05, 0) is 23.8 Å². The summed E-state index contributed by atoms with van der Waals surface area (Å²) in [5.74, 6) is -1.42. The molecule has 0 saturated heterocycles. The van der Waals surface area contributed by atoms with Crippen LogP contribution in [-0.2, 0) is 4.79 Å². The van der Waals surface area contributed by atoms with E-state index >= 15 is 0 Å². The number of nitrogens with two attached hydrogens (primary N) is 1. The molecule has 19 heavy (non-hydrogen) atoms. The molecule has 0 aliphatic heterocycles. The first kappa shape index (κ1) is 13.4. The summed E-state index contributed by atoms with van der Waals surface area (Å²) in [4.78, 5) is 11.8. The lowest BCUT2D eigenvalue weighted by molar-refractivity contribution is -0.136. The molecular weight excluding hydrogens is 265 g/mol. The molecule has 0 aliphatic carbocycles. The third kappa shape index (κ3) is 3.26. The first-order chi connectivity index (χ1) is 9.08. The van der Waals surface area contributed by atoms with Gasteiger partial charge in [-0.25, -0.2) is 4.39 Å². The molecule has 0 amide bonds. The molecule has 5 heteroatoms. The van der Waals surface area contributed by atoms with Gasteiger partial charge in [-0.1, -0.05) is 30.3 Å². The topological polar surface area (TPSA) is 63.3 Å². The van der Waals surface area contributed by atoms with Crippen molar-refractivity contribution in [2.75, 3.05) is 5.73 Å². The highest BCUT2D eigenvalue weighted by Crippen LogP contribution is 2.38. The van der Waals surface area contributed by atoms with Gasteiger partial charge >= 0.3 is 5.97 Å². The van der Waals surface area contributed by atoms with Crippen LogP contribution in [0.5, 0.6) is 0 Å².